The van der Waals surface area contributed by atoms with Crippen LogP contribution in [0.5, 0.6) is 0 Å². The van der Waals surface area contributed by atoms with Crippen molar-refractivity contribution in [1.29, 1.82) is 0 Å². The quantitative estimate of drug-likeness (QED) is 0.531. The standard InChI is InChI=1S/C6H10N2O2/c7-9-5-1-2-6(10-8)4-3-5/h1-3,6H,4,7-8H2. The summed E-state index contributed by atoms with van der Waals surface area (Å²) in [6.45, 7) is 0. The third kappa shape index (κ3) is 1.57. The Kier molecular flexibility index (Phi) is 2.44. The maximum Gasteiger partial charge on any atom is 0.142 e. The lowest BCUT2D eigenvalue weighted by Gasteiger charge is -2.11. The van der Waals surface area contributed by atoms with Crippen molar-refractivity contribution in [2.45, 2.75) is 12.5 Å². The van der Waals surface area contributed by atoms with Crippen molar-refractivity contribution in [3.05, 3.63) is 24.0 Å². The zero-order valence-corrected chi connectivity index (χ0v) is 5.49. The lowest BCUT2D eigenvalue weighted by molar-refractivity contribution is 0.0853. The highest BCUT2D eigenvalue weighted by atomic mass is 16.6. The molecule has 0 bridgehead atoms. The van der Waals surface area contributed by atoms with Crippen LogP contribution in [0.1, 0.15) is 6.42 Å². The Labute approximate surface area is 59.0 Å². The molecule has 0 spiro atoms. The second-order valence-corrected chi connectivity index (χ2v) is 1.99. The third-order valence-corrected chi connectivity index (χ3v) is 1.34. The van der Waals surface area contributed by atoms with Gasteiger partial charge in [0.1, 0.15) is 11.9 Å². The van der Waals surface area contributed by atoms with Crippen molar-refractivity contribution in [2.75, 3.05) is 0 Å². The first-order chi connectivity index (χ1) is 4.86. The number of rotatable bonds is 2. The fourth-order valence-corrected chi connectivity index (χ4v) is 0.769. The van der Waals surface area contributed by atoms with Gasteiger partial charge in [-0.15, -0.1) is 0 Å². The van der Waals surface area contributed by atoms with Crippen LogP contribution in [-0.4, -0.2) is 6.10 Å². The summed E-state index contributed by atoms with van der Waals surface area (Å²) in [5, 5.41) is 0. The zero-order valence-electron chi connectivity index (χ0n) is 5.49. The Morgan fingerprint density at radius 1 is 1.50 bits per heavy atom. The smallest absolute Gasteiger partial charge is 0.142 e. The van der Waals surface area contributed by atoms with Crippen LogP contribution in [0.4, 0.5) is 0 Å². The average Bonchev–Trinajstić information content (AvgIpc) is 2.05. The van der Waals surface area contributed by atoms with Gasteiger partial charge >= 0.3 is 0 Å². The zero-order chi connectivity index (χ0) is 7.40. The van der Waals surface area contributed by atoms with Crippen LogP contribution < -0.4 is 11.8 Å². The van der Waals surface area contributed by atoms with Crippen LogP contribution in [0.15, 0.2) is 24.0 Å². The molecule has 0 aliphatic heterocycles. The van der Waals surface area contributed by atoms with Gasteiger partial charge in [-0.25, -0.2) is 5.90 Å². The second kappa shape index (κ2) is 3.36. The molecule has 1 aliphatic rings. The van der Waals surface area contributed by atoms with E-state index in [-0.39, 0.29) is 6.10 Å². The summed E-state index contributed by atoms with van der Waals surface area (Å²) in [5.41, 5.74) is 0. The van der Waals surface area contributed by atoms with Crippen LogP contribution in [0.2, 0.25) is 0 Å². The molecule has 1 rings (SSSR count). The van der Waals surface area contributed by atoms with Gasteiger partial charge < -0.3 is 4.84 Å². The predicted octanol–water partition coefficient (Wildman–Crippen LogP) is -0.0206. The van der Waals surface area contributed by atoms with Gasteiger partial charge in [-0.3, -0.25) is 4.84 Å². The molecule has 4 nitrogen and oxygen atoms in total. The summed E-state index contributed by atoms with van der Waals surface area (Å²) in [6, 6.07) is 0. The molecule has 0 aromatic carbocycles. The average molecular weight is 142 g/mol. The maximum absolute atomic E-state index is 4.94. The highest BCUT2D eigenvalue weighted by molar-refractivity contribution is 5.18. The Morgan fingerprint density at radius 3 is 2.70 bits per heavy atom. The minimum atomic E-state index is -0.0427. The molecular weight excluding hydrogens is 132 g/mol. The van der Waals surface area contributed by atoms with E-state index < -0.39 is 0 Å². The van der Waals surface area contributed by atoms with Crippen LogP contribution >= 0.6 is 0 Å². The van der Waals surface area contributed by atoms with Crippen LogP contribution in [0.25, 0.3) is 0 Å². The van der Waals surface area contributed by atoms with E-state index in [2.05, 4.69) is 9.68 Å². The Bertz CT molecular complexity index is 165. The van der Waals surface area contributed by atoms with E-state index in [4.69, 9.17) is 11.8 Å². The molecule has 1 atom stereocenters. The number of nitrogens with two attached hydrogens (primary N) is 2. The molecule has 0 radical (unpaired) electrons. The van der Waals surface area contributed by atoms with Crippen molar-refractivity contribution in [1.82, 2.24) is 0 Å². The Hall–Kier alpha value is -0.840. The number of allylic oxidation sites excluding steroid dienone is 1. The molecule has 10 heavy (non-hydrogen) atoms. The van der Waals surface area contributed by atoms with Gasteiger partial charge in [0.05, 0.1) is 0 Å². The molecule has 1 aliphatic carbocycles. The molecule has 0 saturated carbocycles. The lowest BCUT2D eigenvalue weighted by Crippen LogP contribution is -2.16. The van der Waals surface area contributed by atoms with Crippen molar-refractivity contribution < 1.29 is 9.68 Å². The molecule has 56 valence electrons. The fourth-order valence-electron chi connectivity index (χ4n) is 0.769. The molecule has 0 heterocycles. The van der Waals surface area contributed by atoms with Crippen molar-refractivity contribution in [2.24, 2.45) is 11.8 Å². The minimum absolute atomic E-state index is 0.0427. The van der Waals surface area contributed by atoms with E-state index >= 15 is 0 Å². The van der Waals surface area contributed by atoms with Crippen LogP contribution in [0, 0.1) is 0 Å². The molecule has 0 aromatic heterocycles. The highest BCUT2D eigenvalue weighted by Gasteiger charge is 2.07. The van der Waals surface area contributed by atoms with Crippen molar-refractivity contribution in [3.63, 3.8) is 0 Å². The molecule has 0 fully saturated rings. The van der Waals surface area contributed by atoms with Gasteiger partial charge in [0, 0.05) is 6.42 Å². The van der Waals surface area contributed by atoms with Crippen molar-refractivity contribution in [3.8, 4) is 0 Å². The molecule has 0 aromatic rings. The Morgan fingerprint density at radius 2 is 2.30 bits per heavy atom. The topological polar surface area (TPSA) is 70.5 Å². The second-order valence-electron chi connectivity index (χ2n) is 1.99. The van der Waals surface area contributed by atoms with E-state index in [0.717, 1.165) is 0 Å². The summed E-state index contributed by atoms with van der Waals surface area (Å²) >= 11 is 0. The largest absolute Gasteiger partial charge is 0.412 e. The molecule has 0 saturated heterocycles. The van der Waals surface area contributed by atoms with E-state index in [1.807, 2.05) is 6.08 Å². The van der Waals surface area contributed by atoms with E-state index in [0.29, 0.717) is 12.2 Å². The molecular formula is C6H10N2O2. The molecule has 1 unspecified atom stereocenters. The fraction of sp³-hybridized carbons (Fsp3) is 0.333. The summed E-state index contributed by atoms with van der Waals surface area (Å²) in [5.74, 6) is 10.5. The molecule has 4 N–H and O–H groups in total. The van der Waals surface area contributed by atoms with Gasteiger partial charge in [-0.05, 0) is 18.2 Å². The first-order valence-electron chi connectivity index (χ1n) is 2.97. The summed E-state index contributed by atoms with van der Waals surface area (Å²) in [6.07, 6.45) is 6.00. The summed E-state index contributed by atoms with van der Waals surface area (Å²) in [7, 11) is 0. The first-order valence-corrected chi connectivity index (χ1v) is 2.97. The highest BCUT2D eigenvalue weighted by Crippen LogP contribution is 2.10. The van der Waals surface area contributed by atoms with Gasteiger partial charge in [0.25, 0.3) is 0 Å². The molecule has 4 heteroatoms. The van der Waals surface area contributed by atoms with E-state index in [1.165, 1.54) is 0 Å². The number of hydrogen-bond donors (Lipinski definition) is 2. The van der Waals surface area contributed by atoms with Gasteiger partial charge in [-0.1, -0.05) is 0 Å². The van der Waals surface area contributed by atoms with E-state index in [9.17, 15) is 0 Å². The van der Waals surface area contributed by atoms with Gasteiger partial charge in [0.15, 0.2) is 0 Å². The summed E-state index contributed by atoms with van der Waals surface area (Å²) in [4.78, 5) is 9.02. The third-order valence-electron chi connectivity index (χ3n) is 1.34. The van der Waals surface area contributed by atoms with Gasteiger partial charge in [-0.2, -0.15) is 5.90 Å². The lowest BCUT2D eigenvalue weighted by atomic mass is 10.1. The Balaban J connectivity index is 2.46. The first kappa shape index (κ1) is 7.27. The minimum Gasteiger partial charge on any atom is -0.412 e. The monoisotopic (exact) mass is 142 g/mol. The number of hydrogen-bond acceptors (Lipinski definition) is 4. The molecule has 0 amide bonds. The van der Waals surface area contributed by atoms with Gasteiger partial charge in [0.2, 0.25) is 0 Å². The SMILES string of the molecule is NOC1=CCC(ON)C=C1. The van der Waals surface area contributed by atoms with Crippen LogP contribution in [-0.2, 0) is 9.68 Å². The van der Waals surface area contributed by atoms with Crippen molar-refractivity contribution >= 4 is 0 Å². The summed E-state index contributed by atoms with van der Waals surface area (Å²) < 4.78 is 0. The van der Waals surface area contributed by atoms with E-state index in [1.54, 1.807) is 12.2 Å². The van der Waals surface area contributed by atoms with Crippen LogP contribution in [0.3, 0.4) is 0 Å². The normalized spacial score (nSPS) is 24.2. The maximum atomic E-state index is 4.94. The predicted molar refractivity (Wildman–Crippen MR) is 36.2 cm³/mol.